The molecular weight excluding hydrogens is 468 g/mol. The Kier molecular flexibility index (Phi) is 7.04. The minimum atomic E-state index is -0.281. The van der Waals surface area contributed by atoms with E-state index in [1.54, 1.807) is 20.2 Å². The predicted octanol–water partition coefficient (Wildman–Crippen LogP) is 5.39. The van der Waals surface area contributed by atoms with Gasteiger partial charge in [-0.05, 0) is 56.0 Å². The molecule has 0 aliphatic heterocycles. The van der Waals surface area contributed by atoms with Crippen LogP contribution in [0.1, 0.15) is 49.2 Å². The summed E-state index contributed by atoms with van der Waals surface area (Å²) in [7, 11) is 1.54. The van der Waals surface area contributed by atoms with E-state index >= 15 is 0 Å². The second-order valence-electron chi connectivity index (χ2n) is 8.94. The predicted molar refractivity (Wildman–Crippen MR) is 138 cm³/mol. The van der Waals surface area contributed by atoms with Crippen LogP contribution in [-0.2, 0) is 22.6 Å². The van der Waals surface area contributed by atoms with Crippen molar-refractivity contribution in [3.63, 3.8) is 0 Å². The minimum absolute atomic E-state index is 0.153. The molecule has 1 aliphatic carbocycles. The summed E-state index contributed by atoms with van der Waals surface area (Å²) in [4.78, 5) is 16.2. The lowest BCUT2D eigenvalue weighted by molar-refractivity contribution is -0.142. The molecule has 2 heterocycles. The Bertz CT molecular complexity index is 1480. The topological polar surface area (TPSA) is 99.3 Å². The highest BCUT2D eigenvalue weighted by Gasteiger charge is 2.25. The number of ether oxygens (including phenoxy) is 3. The zero-order valence-electron chi connectivity index (χ0n) is 20.9. The molecule has 0 spiro atoms. The number of para-hydroxylation sites is 1. The zero-order valence-corrected chi connectivity index (χ0v) is 20.9. The van der Waals surface area contributed by atoms with Gasteiger partial charge in [0.05, 0.1) is 37.4 Å². The molecule has 4 aromatic rings. The molecule has 2 aromatic carbocycles. The maximum atomic E-state index is 12.1. The second-order valence-corrected chi connectivity index (χ2v) is 8.94. The van der Waals surface area contributed by atoms with Crippen molar-refractivity contribution in [3.05, 3.63) is 71.7 Å². The summed E-state index contributed by atoms with van der Waals surface area (Å²) in [6, 6.07) is 17.9. The van der Waals surface area contributed by atoms with E-state index in [1.165, 1.54) is 6.42 Å². The average Bonchev–Trinajstić information content (AvgIpc) is 3.23. The number of esters is 1. The maximum absolute atomic E-state index is 12.1. The molecule has 0 saturated heterocycles. The van der Waals surface area contributed by atoms with Gasteiger partial charge in [-0.3, -0.25) is 9.48 Å². The summed E-state index contributed by atoms with van der Waals surface area (Å²) in [6.45, 7) is 2.44. The van der Waals surface area contributed by atoms with Crippen LogP contribution in [0.25, 0.3) is 22.0 Å². The molecule has 0 unspecified atom stereocenters. The standard InChI is InChI=1S/C29H28N4O4/c1-3-36-28(34)16-20-7-4-5-10-27(20)37-18-26-23-15-19(22-13-14-31-25(17-30)29(22)35-2)11-12-24(23)32-33(26)21-8-6-9-21/h4-5,7,10-15,21H,3,6,8-9,16,18H2,1-2H3. The fourth-order valence-electron chi connectivity index (χ4n) is 4.67. The summed E-state index contributed by atoms with van der Waals surface area (Å²) < 4.78 is 19.1. The first kappa shape index (κ1) is 24.3. The largest absolute Gasteiger partial charge is 0.493 e. The number of pyridine rings is 1. The number of fused-ring (bicyclic) bond motifs is 1. The van der Waals surface area contributed by atoms with Crippen molar-refractivity contribution in [1.82, 2.24) is 14.8 Å². The molecule has 37 heavy (non-hydrogen) atoms. The van der Waals surface area contributed by atoms with E-state index in [1.807, 2.05) is 42.5 Å². The number of aromatic nitrogens is 3. The second kappa shape index (κ2) is 10.7. The summed E-state index contributed by atoms with van der Waals surface area (Å²) in [5, 5.41) is 15.4. The molecule has 8 nitrogen and oxygen atoms in total. The van der Waals surface area contributed by atoms with E-state index in [0.717, 1.165) is 46.1 Å². The lowest BCUT2D eigenvalue weighted by atomic mass is 9.93. The van der Waals surface area contributed by atoms with E-state index in [4.69, 9.17) is 19.3 Å². The van der Waals surface area contributed by atoms with Gasteiger partial charge >= 0.3 is 5.97 Å². The van der Waals surface area contributed by atoms with Gasteiger partial charge in [0.2, 0.25) is 0 Å². The highest BCUT2D eigenvalue weighted by Crippen LogP contribution is 2.38. The van der Waals surface area contributed by atoms with Gasteiger partial charge in [-0.2, -0.15) is 10.4 Å². The SMILES string of the molecule is CCOC(=O)Cc1ccccc1OCc1c2cc(-c3ccnc(C#N)c3OC)ccc2nn1C1CCC1. The van der Waals surface area contributed by atoms with Crippen molar-refractivity contribution in [2.75, 3.05) is 13.7 Å². The molecule has 0 N–H and O–H groups in total. The van der Waals surface area contributed by atoms with Crippen molar-refractivity contribution in [1.29, 1.82) is 5.26 Å². The molecule has 0 atom stereocenters. The number of hydrogen-bond acceptors (Lipinski definition) is 7. The van der Waals surface area contributed by atoms with Gasteiger partial charge in [0.25, 0.3) is 0 Å². The Hall–Kier alpha value is -4.38. The Morgan fingerprint density at radius 3 is 2.76 bits per heavy atom. The molecule has 1 aliphatic rings. The normalized spacial score (nSPS) is 13.1. The van der Waals surface area contributed by atoms with E-state index < -0.39 is 0 Å². The highest BCUT2D eigenvalue weighted by atomic mass is 16.5. The van der Waals surface area contributed by atoms with Gasteiger partial charge in [-0.15, -0.1) is 0 Å². The molecule has 1 fully saturated rings. The molecular formula is C29H28N4O4. The van der Waals surface area contributed by atoms with Gasteiger partial charge in [-0.25, -0.2) is 4.98 Å². The van der Waals surface area contributed by atoms with Crippen molar-refractivity contribution < 1.29 is 19.0 Å². The van der Waals surface area contributed by atoms with Gasteiger partial charge in [0.1, 0.15) is 18.4 Å². The van der Waals surface area contributed by atoms with E-state index in [-0.39, 0.29) is 18.1 Å². The zero-order chi connectivity index (χ0) is 25.8. The van der Waals surface area contributed by atoms with Gasteiger partial charge in [0, 0.05) is 22.7 Å². The maximum Gasteiger partial charge on any atom is 0.310 e. The quantitative estimate of drug-likeness (QED) is 0.287. The first-order valence-electron chi connectivity index (χ1n) is 12.4. The Morgan fingerprint density at radius 2 is 2.03 bits per heavy atom. The van der Waals surface area contributed by atoms with Gasteiger partial charge in [-0.1, -0.05) is 24.3 Å². The van der Waals surface area contributed by atoms with Crippen molar-refractivity contribution in [2.24, 2.45) is 0 Å². The highest BCUT2D eigenvalue weighted by molar-refractivity contribution is 5.88. The smallest absolute Gasteiger partial charge is 0.310 e. The van der Waals surface area contributed by atoms with Crippen molar-refractivity contribution in [2.45, 2.75) is 45.3 Å². The summed E-state index contributed by atoms with van der Waals surface area (Å²) in [5.74, 6) is 0.813. The van der Waals surface area contributed by atoms with Gasteiger partial charge in [0.15, 0.2) is 11.4 Å². The lowest BCUT2D eigenvalue weighted by Crippen LogP contribution is -2.21. The minimum Gasteiger partial charge on any atom is -0.493 e. The number of carbonyl (C=O) groups is 1. The van der Waals surface area contributed by atoms with Crippen molar-refractivity contribution >= 4 is 16.9 Å². The number of methoxy groups -OCH3 is 1. The van der Waals surface area contributed by atoms with Crippen LogP contribution in [0.3, 0.4) is 0 Å². The number of carbonyl (C=O) groups excluding carboxylic acids is 1. The van der Waals surface area contributed by atoms with Crippen LogP contribution in [0.4, 0.5) is 0 Å². The monoisotopic (exact) mass is 496 g/mol. The first-order chi connectivity index (χ1) is 18.1. The Labute approximate surface area is 215 Å². The van der Waals surface area contributed by atoms with Crippen LogP contribution in [0.15, 0.2) is 54.7 Å². The third-order valence-corrected chi connectivity index (χ3v) is 6.72. The summed E-state index contributed by atoms with van der Waals surface area (Å²) >= 11 is 0. The van der Waals surface area contributed by atoms with Crippen LogP contribution in [0.2, 0.25) is 0 Å². The number of nitriles is 1. The first-order valence-corrected chi connectivity index (χ1v) is 12.4. The number of nitrogens with zero attached hydrogens (tertiary/aromatic N) is 4. The molecule has 188 valence electrons. The third-order valence-electron chi connectivity index (χ3n) is 6.72. The fraction of sp³-hybridized carbons (Fsp3) is 0.310. The van der Waals surface area contributed by atoms with E-state index in [9.17, 15) is 10.1 Å². The van der Waals surface area contributed by atoms with Crippen LogP contribution < -0.4 is 9.47 Å². The summed E-state index contributed by atoms with van der Waals surface area (Å²) in [5.41, 5.74) is 4.57. The van der Waals surface area contributed by atoms with Gasteiger partial charge < -0.3 is 14.2 Å². The fourth-order valence-corrected chi connectivity index (χ4v) is 4.67. The molecule has 1 saturated carbocycles. The number of benzene rings is 2. The molecule has 0 radical (unpaired) electrons. The lowest BCUT2D eigenvalue weighted by Gasteiger charge is -2.27. The third kappa shape index (κ3) is 4.85. The van der Waals surface area contributed by atoms with Crippen LogP contribution in [0.5, 0.6) is 11.5 Å². The molecule has 8 heteroatoms. The Morgan fingerprint density at radius 1 is 1.19 bits per heavy atom. The molecule has 0 bridgehead atoms. The van der Waals surface area contributed by atoms with E-state index in [0.29, 0.717) is 30.8 Å². The van der Waals surface area contributed by atoms with Crippen molar-refractivity contribution in [3.8, 4) is 28.7 Å². The van der Waals surface area contributed by atoms with Crippen LogP contribution >= 0.6 is 0 Å². The number of rotatable bonds is 9. The van der Waals surface area contributed by atoms with Crippen LogP contribution in [0, 0.1) is 11.3 Å². The average molecular weight is 497 g/mol. The number of hydrogen-bond donors (Lipinski definition) is 0. The molecule has 2 aromatic heterocycles. The molecule has 0 amide bonds. The van der Waals surface area contributed by atoms with E-state index in [2.05, 4.69) is 21.8 Å². The summed E-state index contributed by atoms with van der Waals surface area (Å²) in [6.07, 6.45) is 5.11. The molecule has 5 rings (SSSR count). The van der Waals surface area contributed by atoms with Crippen LogP contribution in [-0.4, -0.2) is 34.5 Å². The Balaban J connectivity index is 1.52.